The lowest BCUT2D eigenvalue weighted by Gasteiger charge is -2.34. The summed E-state index contributed by atoms with van der Waals surface area (Å²) in [7, 11) is 0. The Morgan fingerprint density at radius 2 is 2.00 bits per heavy atom. The Morgan fingerprint density at radius 1 is 1.30 bits per heavy atom. The van der Waals surface area contributed by atoms with Crippen LogP contribution in [-0.2, 0) is 6.42 Å². The van der Waals surface area contributed by atoms with Gasteiger partial charge >= 0.3 is 0 Å². The van der Waals surface area contributed by atoms with Crippen LogP contribution in [0, 0.1) is 12.3 Å². The number of rotatable bonds is 1. The van der Waals surface area contributed by atoms with Crippen molar-refractivity contribution in [2.75, 3.05) is 0 Å². The summed E-state index contributed by atoms with van der Waals surface area (Å²) in [6, 6.07) is 10.3. The maximum atomic E-state index is 6.39. The lowest BCUT2D eigenvalue weighted by Crippen LogP contribution is -2.30. The molecule has 3 rings (SSSR count). The molecule has 0 saturated heterocycles. The molecule has 0 radical (unpaired) electrons. The first-order valence-electron chi connectivity index (χ1n) is 7.11. The van der Waals surface area contributed by atoms with E-state index in [1.807, 2.05) is 18.2 Å². The van der Waals surface area contributed by atoms with Crippen molar-refractivity contribution >= 4 is 11.6 Å². The van der Waals surface area contributed by atoms with Crippen molar-refractivity contribution in [1.29, 1.82) is 0 Å². The minimum absolute atomic E-state index is 0.121. The normalized spacial score (nSPS) is 20.8. The van der Waals surface area contributed by atoms with Gasteiger partial charge in [-0.25, -0.2) is 0 Å². The molecule has 2 aromatic rings. The Hall–Kier alpha value is -1.25. The molecule has 1 unspecified atom stereocenters. The van der Waals surface area contributed by atoms with E-state index in [1.165, 1.54) is 17.0 Å². The summed E-state index contributed by atoms with van der Waals surface area (Å²) >= 11 is 6.39. The molecule has 0 saturated carbocycles. The largest absolute Gasteiger partial charge is 0.324 e. The molecule has 1 aromatic heterocycles. The zero-order valence-corrected chi connectivity index (χ0v) is 13.0. The molecule has 0 aliphatic heterocycles. The van der Waals surface area contributed by atoms with Crippen LogP contribution in [0.1, 0.15) is 43.3 Å². The molecule has 1 atom stereocenters. The molecule has 1 aliphatic carbocycles. The number of hydrogen-bond donors (Lipinski definition) is 1. The zero-order chi connectivity index (χ0) is 14.5. The van der Waals surface area contributed by atoms with Crippen molar-refractivity contribution in [3.63, 3.8) is 0 Å². The molecule has 1 aromatic carbocycles. The van der Waals surface area contributed by atoms with Gasteiger partial charge in [0.05, 0.1) is 10.7 Å². The minimum atomic E-state index is 0.121. The minimum Gasteiger partial charge on any atom is -0.324 e. The highest BCUT2D eigenvalue weighted by atomic mass is 35.5. The average Bonchev–Trinajstić information content (AvgIpc) is 2.66. The summed E-state index contributed by atoms with van der Waals surface area (Å²) in [4.78, 5) is 0. The SMILES string of the molecule is Cc1cc2c(n1-c1ccccc1Cl)CC(C)(C)CC2N. The number of fused-ring (bicyclic) bond motifs is 1. The molecular formula is C17H21ClN2. The Labute approximate surface area is 125 Å². The van der Waals surface area contributed by atoms with E-state index < -0.39 is 0 Å². The second-order valence-electron chi connectivity index (χ2n) is 6.63. The van der Waals surface area contributed by atoms with Crippen molar-refractivity contribution in [2.24, 2.45) is 11.1 Å². The third kappa shape index (κ3) is 2.17. The second kappa shape index (κ2) is 4.64. The van der Waals surface area contributed by atoms with E-state index in [-0.39, 0.29) is 11.5 Å². The van der Waals surface area contributed by atoms with E-state index in [2.05, 4.69) is 37.5 Å². The number of para-hydroxylation sites is 1. The van der Waals surface area contributed by atoms with Crippen LogP contribution in [0.2, 0.25) is 5.02 Å². The lowest BCUT2D eigenvalue weighted by atomic mass is 9.74. The van der Waals surface area contributed by atoms with Gasteiger partial charge in [-0.15, -0.1) is 0 Å². The van der Waals surface area contributed by atoms with Crippen LogP contribution in [0.25, 0.3) is 5.69 Å². The van der Waals surface area contributed by atoms with Gasteiger partial charge in [0.1, 0.15) is 0 Å². The summed E-state index contributed by atoms with van der Waals surface area (Å²) in [5.41, 5.74) is 11.5. The maximum Gasteiger partial charge on any atom is 0.0646 e. The first-order chi connectivity index (χ1) is 9.39. The molecule has 1 heterocycles. The summed E-state index contributed by atoms with van der Waals surface area (Å²) in [6.45, 7) is 6.70. The van der Waals surface area contributed by atoms with Gasteiger partial charge in [-0.3, -0.25) is 0 Å². The van der Waals surface area contributed by atoms with E-state index in [0.29, 0.717) is 0 Å². The molecule has 2 N–H and O–H groups in total. The summed E-state index contributed by atoms with van der Waals surface area (Å²) < 4.78 is 2.28. The second-order valence-corrected chi connectivity index (χ2v) is 7.03. The first kappa shape index (κ1) is 13.7. The maximum absolute atomic E-state index is 6.39. The van der Waals surface area contributed by atoms with E-state index in [4.69, 9.17) is 17.3 Å². The Morgan fingerprint density at radius 3 is 2.70 bits per heavy atom. The van der Waals surface area contributed by atoms with Gasteiger partial charge in [-0.1, -0.05) is 37.6 Å². The summed E-state index contributed by atoms with van der Waals surface area (Å²) in [5, 5.41) is 0.783. The zero-order valence-electron chi connectivity index (χ0n) is 12.3. The van der Waals surface area contributed by atoms with Gasteiger partial charge in [-0.2, -0.15) is 0 Å². The molecule has 0 bridgehead atoms. The predicted molar refractivity (Wildman–Crippen MR) is 84.5 cm³/mol. The van der Waals surface area contributed by atoms with Crippen molar-refractivity contribution in [3.8, 4) is 5.69 Å². The van der Waals surface area contributed by atoms with Gasteiger partial charge in [0.15, 0.2) is 0 Å². The molecule has 0 fully saturated rings. The Balaban J connectivity index is 2.22. The predicted octanol–water partition coefficient (Wildman–Crippen LogP) is 4.41. The summed E-state index contributed by atoms with van der Waals surface area (Å²) in [5.74, 6) is 0. The number of nitrogens with zero attached hydrogens (tertiary/aromatic N) is 1. The van der Waals surface area contributed by atoms with E-state index in [9.17, 15) is 0 Å². The van der Waals surface area contributed by atoms with Crippen LogP contribution < -0.4 is 5.73 Å². The monoisotopic (exact) mass is 288 g/mol. The van der Waals surface area contributed by atoms with Crippen LogP contribution >= 0.6 is 11.6 Å². The molecular weight excluding hydrogens is 268 g/mol. The third-order valence-corrected chi connectivity index (χ3v) is 4.55. The molecule has 20 heavy (non-hydrogen) atoms. The summed E-state index contributed by atoms with van der Waals surface area (Å²) in [6.07, 6.45) is 2.07. The number of aromatic nitrogens is 1. The van der Waals surface area contributed by atoms with E-state index >= 15 is 0 Å². The van der Waals surface area contributed by atoms with Gasteiger partial charge < -0.3 is 10.3 Å². The highest BCUT2D eigenvalue weighted by Crippen LogP contribution is 2.42. The van der Waals surface area contributed by atoms with Crippen molar-refractivity contribution in [3.05, 3.63) is 52.3 Å². The molecule has 2 nitrogen and oxygen atoms in total. The number of benzene rings is 1. The highest BCUT2D eigenvalue weighted by Gasteiger charge is 2.33. The molecule has 1 aliphatic rings. The fourth-order valence-corrected chi connectivity index (χ4v) is 3.64. The lowest BCUT2D eigenvalue weighted by molar-refractivity contribution is 0.278. The van der Waals surface area contributed by atoms with Crippen LogP contribution in [0.5, 0.6) is 0 Å². The smallest absolute Gasteiger partial charge is 0.0646 e. The van der Waals surface area contributed by atoms with Crippen molar-refractivity contribution < 1.29 is 0 Å². The molecule has 3 heteroatoms. The van der Waals surface area contributed by atoms with Crippen molar-refractivity contribution in [1.82, 2.24) is 4.57 Å². The highest BCUT2D eigenvalue weighted by molar-refractivity contribution is 6.32. The van der Waals surface area contributed by atoms with Gasteiger partial charge in [-0.05, 0) is 48.9 Å². The van der Waals surface area contributed by atoms with Gasteiger partial charge in [0.25, 0.3) is 0 Å². The van der Waals surface area contributed by atoms with Crippen LogP contribution in [0.15, 0.2) is 30.3 Å². The Bertz CT molecular complexity index is 655. The number of halogens is 1. The number of aryl methyl sites for hydroxylation is 1. The standard InChI is InChI=1S/C17H21ClN2/c1-11-8-12-14(19)9-17(2,3)10-16(12)20(11)15-7-5-4-6-13(15)18/h4-8,14H,9-10,19H2,1-3H3. The van der Waals surface area contributed by atoms with Gasteiger partial charge in [0, 0.05) is 17.4 Å². The molecule has 106 valence electrons. The third-order valence-electron chi connectivity index (χ3n) is 4.23. The average molecular weight is 289 g/mol. The fraction of sp³-hybridized carbons (Fsp3) is 0.412. The van der Waals surface area contributed by atoms with Crippen LogP contribution in [0.4, 0.5) is 0 Å². The number of nitrogens with two attached hydrogens (primary N) is 1. The van der Waals surface area contributed by atoms with Crippen LogP contribution in [0.3, 0.4) is 0 Å². The van der Waals surface area contributed by atoms with Crippen molar-refractivity contribution in [2.45, 2.75) is 39.7 Å². The Kier molecular flexibility index (Phi) is 3.19. The first-order valence-corrected chi connectivity index (χ1v) is 7.48. The quantitative estimate of drug-likeness (QED) is 0.828. The fourth-order valence-electron chi connectivity index (χ4n) is 3.42. The van der Waals surface area contributed by atoms with E-state index in [0.717, 1.165) is 23.6 Å². The van der Waals surface area contributed by atoms with E-state index in [1.54, 1.807) is 0 Å². The number of hydrogen-bond acceptors (Lipinski definition) is 1. The molecule has 0 amide bonds. The van der Waals surface area contributed by atoms with Gasteiger partial charge in [0.2, 0.25) is 0 Å². The molecule has 0 spiro atoms. The topological polar surface area (TPSA) is 30.9 Å². The van der Waals surface area contributed by atoms with Crippen LogP contribution in [-0.4, -0.2) is 4.57 Å².